The van der Waals surface area contributed by atoms with Crippen LogP contribution in [-0.2, 0) is 23.8 Å². The first-order chi connectivity index (χ1) is 39.7. The molecule has 1 saturated heterocycles. The third kappa shape index (κ3) is 45.4. The van der Waals surface area contributed by atoms with Gasteiger partial charge in [-0.1, -0.05) is 293 Å². The molecule has 0 aromatic heterocycles. The van der Waals surface area contributed by atoms with E-state index in [1.807, 2.05) is 6.08 Å². The first-order valence-electron chi connectivity index (χ1n) is 34.1. The second-order valence-corrected chi connectivity index (χ2v) is 23.6. The molecular formula is C70H127NO10. The molecule has 0 saturated carbocycles. The van der Waals surface area contributed by atoms with Crippen LogP contribution >= 0.6 is 0 Å². The standard InChI is InChI=1S/C70H127NO10/c1-4-7-10-13-16-19-22-24-26-28-30-31-32-34-35-37-39-42-45-48-51-54-57-63(74)69(78)71-61(62(73)56-53-50-47-44-41-21-18-15-12-9-6-3)60-79-70-68(67(77)66(76)64(59-72)80-70)81-65(75)58-55-52-49-46-43-40-38-36-33-29-27-25-23-20-17-14-11-8-5-2/h17,20,25,27,33,36,40,43,53,56,61-64,66-68,70,72-74,76-77H,4-16,18-19,21-24,26,28-32,34-35,37-39,41-42,44-52,54-55,57-60H2,1-3H3,(H,71,78)/b20-17-,27-25-,36-33-,43-40-,56-53+. The molecular weight excluding hydrogens is 1010 g/mol. The number of rotatable bonds is 58. The van der Waals surface area contributed by atoms with E-state index in [2.05, 4.69) is 74.7 Å². The van der Waals surface area contributed by atoms with Crippen LogP contribution in [0, 0.1) is 0 Å². The number of allylic oxidation sites excluding steroid dienone is 9. The maximum absolute atomic E-state index is 13.5. The van der Waals surface area contributed by atoms with Crippen LogP contribution in [0.4, 0.5) is 0 Å². The number of hydrogen-bond donors (Lipinski definition) is 6. The summed E-state index contributed by atoms with van der Waals surface area (Å²) in [5, 5.41) is 57.1. The van der Waals surface area contributed by atoms with Crippen LogP contribution in [0.25, 0.3) is 0 Å². The van der Waals surface area contributed by atoms with E-state index >= 15 is 0 Å². The highest BCUT2D eigenvalue weighted by atomic mass is 16.7. The number of carbonyl (C=O) groups excluding carboxylic acids is 2. The van der Waals surface area contributed by atoms with E-state index in [-0.39, 0.29) is 13.0 Å². The summed E-state index contributed by atoms with van der Waals surface area (Å²) in [6.07, 6.45) is 62.7. The second kappa shape index (κ2) is 57.8. The highest BCUT2D eigenvalue weighted by Gasteiger charge is 2.47. The van der Waals surface area contributed by atoms with E-state index in [9.17, 15) is 35.1 Å². The van der Waals surface area contributed by atoms with Crippen molar-refractivity contribution in [3.05, 3.63) is 60.8 Å². The lowest BCUT2D eigenvalue weighted by atomic mass is 9.99. The topological polar surface area (TPSA) is 175 Å². The molecule has 11 nitrogen and oxygen atoms in total. The van der Waals surface area contributed by atoms with Crippen molar-refractivity contribution in [3.8, 4) is 0 Å². The number of hydrogen-bond acceptors (Lipinski definition) is 10. The van der Waals surface area contributed by atoms with Crippen LogP contribution in [0.15, 0.2) is 60.8 Å². The lowest BCUT2D eigenvalue weighted by molar-refractivity contribution is -0.305. The molecule has 8 atom stereocenters. The van der Waals surface area contributed by atoms with Gasteiger partial charge < -0.3 is 45.1 Å². The van der Waals surface area contributed by atoms with Crippen LogP contribution in [0.1, 0.15) is 310 Å². The normalized spacial score (nSPS) is 19.0. The van der Waals surface area contributed by atoms with E-state index < -0.39 is 67.4 Å². The molecule has 8 unspecified atom stereocenters. The lowest BCUT2D eigenvalue weighted by Gasteiger charge is -2.41. The van der Waals surface area contributed by atoms with E-state index in [4.69, 9.17) is 14.2 Å². The van der Waals surface area contributed by atoms with Gasteiger partial charge in [0.1, 0.15) is 24.4 Å². The molecule has 1 aliphatic rings. The average molecular weight is 1140 g/mol. The summed E-state index contributed by atoms with van der Waals surface area (Å²) in [6.45, 7) is 5.77. The minimum atomic E-state index is -1.63. The minimum absolute atomic E-state index is 0.0860. The molecule has 6 N–H and O–H groups in total. The Morgan fingerprint density at radius 3 is 1.30 bits per heavy atom. The summed E-state index contributed by atoms with van der Waals surface area (Å²) in [4.78, 5) is 26.6. The molecule has 0 spiro atoms. The predicted molar refractivity (Wildman–Crippen MR) is 338 cm³/mol. The van der Waals surface area contributed by atoms with Crippen molar-refractivity contribution in [2.75, 3.05) is 13.2 Å². The Balaban J connectivity index is 2.61. The number of amides is 1. The average Bonchev–Trinajstić information content (AvgIpc) is 3.50. The fraction of sp³-hybridized carbons (Fsp3) is 0.829. The summed E-state index contributed by atoms with van der Waals surface area (Å²) >= 11 is 0. The third-order valence-corrected chi connectivity index (χ3v) is 15.9. The summed E-state index contributed by atoms with van der Waals surface area (Å²) in [6, 6.07) is -1.03. The first-order valence-corrected chi connectivity index (χ1v) is 34.1. The van der Waals surface area contributed by atoms with Crippen LogP contribution in [0.2, 0.25) is 0 Å². The van der Waals surface area contributed by atoms with Crippen LogP contribution in [-0.4, -0.2) is 99.6 Å². The molecule has 1 heterocycles. The van der Waals surface area contributed by atoms with E-state index in [1.54, 1.807) is 6.08 Å². The zero-order valence-electron chi connectivity index (χ0n) is 52.4. The highest BCUT2D eigenvalue weighted by molar-refractivity contribution is 5.80. The molecule has 1 aliphatic heterocycles. The Hall–Kier alpha value is -2.64. The molecule has 0 bridgehead atoms. The zero-order valence-corrected chi connectivity index (χ0v) is 52.4. The van der Waals surface area contributed by atoms with Crippen molar-refractivity contribution in [2.24, 2.45) is 0 Å². The number of aliphatic hydroxyl groups is 5. The Labute approximate surface area is 497 Å². The highest BCUT2D eigenvalue weighted by Crippen LogP contribution is 2.26. The molecule has 1 amide bonds. The molecule has 11 heteroatoms. The van der Waals surface area contributed by atoms with Gasteiger partial charge in [0.25, 0.3) is 0 Å². The van der Waals surface area contributed by atoms with E-state index in [0.29, 0.717) is 19.3 Å². The number of ether oxygens (including phenoxy) is 3. The number of esters is 1. The van der Waals surface area contributed by atoms with Gasteiger partial charge in [-0.2, -0.15) is 0 Å². The molecule has 0 aliphatic carbocycles. The molecule has 1 fully saturated rings. The molecule has 0 aromatic rings. The van der Waals surface area contributed by atoms with Gasteiger partial charge in [-0.05, 0) is 70.6 Å². The van der Waals surface area contributed by atoms with Gasteiger partial charge in [0.15, 0.2) is 12.4 Å². The number of aliphatic hydroxyl groups excluding tert-OH is 5. The minimum Gasteiger partial charge on any atom is -0.454 e. The van der Waals surface area contributed by atoms with Gasteiger partial charge in [-0.3, -0.25) is 9.59 Å². The van der Waals surface area contributed by atoms with Gasteiger partial charge in [-0.15, -0.1) is 0 Å². The zero-order chi connectivity index (χ0) is 58.9. The number of unbranched alkanes of at least 4 members (excludes halogenated alkanes) is 36. The summed E-state index contributed by atoms with van der Waals surface area (Å²) in [5.74, 6) is -1.22. The van der Waals surface area contributed by atoms with E-state index in [0.717, 1.165) is 77.0 Å². The van der Waals surface area contributed by atoms with Crippen molar-refractivity contribution < 1.29 is 49.3 Å². The summed E-state index contributed by atoms with van der Waals surface area (Å²) < 4.78 is 17.6. The Kier molecular flexibility index (Phi) is 54.5. The van der Waals surface area contributed by atoms with Gasteiger partial charge >= 0.3 is 5.97 Å². The Morgan fingerprint density at radius 2 is 0.852 bits per heavy atom. The van der Waals surface area contributed by atoms with Gasteiger partial charge in [0.2, 0.25) is 5.91 Å². The molecule has 0 aromatic carbocycles. The lowest BCUT2D eigenvalue weighted by Crippen LogP contribution is -2.61. The smallest absolute Gasteiger partial charge is 0.306 e. The summed E-state index contributed by atoms with van der Waals surface area (Å²) in [7, 11) is 0. The van der Waals surface area contributed by atoms with Crippen LogP contribution in [0.5, 0.6) is 0 Å². The largest absolute Gasteiger partial charge is 0.454 e. The van der Waals surface area contributed by atoms with Gasteiger partial charge in [0.05, 0.1) is 25.4 Å². The Morgan fingerprint density at radius 1 is 0.481 bits per heavy atom. The third-order valence-electron chi connectivity index (χ3n) is 15.9. The SMILES string of the molecule is CCCCC/C=C\C/C=C\C/C=C\C/C=C\CCCCCC(=O)OC1C(OCC(NC(=O)C(O)CCCCCCCCCCCCCCCCCCCCCCCC)C(O)/C=C/CCCCCCCCCCC)OC(CO)C(O)C1O. The molecule has 0 radical (unpaired) electrons. The molecule has 81 heavy (non-hydrogen) atoms. The second-order valence-electron chi connectivity index (χ2n) is 23.6. The van der Waals surface area contributed by atoms with Crippen molar-refractivity contribution >= 4 is 11.9 Å². The summed E-state index contributed by atoms with van der Waals surface area (Å²) in [5.41, 5.74) is 0. The van der Waals surface area contributed by atoms with Gasteiger partial charge in [0, 0.05) is 6.42 Å². The van der Waals surface area contributed by atoms with E-state index in [1.165, 1.54) is 186 Å². The van der Waals surface area contributed by atoms with Crippen LogP contribution < -0.4 is 5.32 Å². The predicted octanol–water partition coefficient (Wildman–Crippen LogP) is 17.0. The van der Waals surface area contributed by atoms with Crippen molar-refractivity contribution in [1.29, 1.82) is 0 Å². The fourth-order valence-electron chi connectivity index (χ4n) is 10.5. The fourth-order valence-corrected chi connectivity index (χ4v) is 10.5. The van der Waals surface area contributed by atoms with Gasteiger partial charge in [-0.25, -0.2) is 0 Å². The number of carbonyl (C=O) groups is 2. The maximum atomic E-state index is 13.5. The molecule has 472 valence electrons. The Bertz CT molecular complexity index is 1550. The first kappa shape index (κ1) is 76.4. The quantitative estimate of drug-likeness (QED) is 0.0195. The molecule has 1 rings (SSSR count). The van der Waals surface area contributed by atoms with Crippen molar-refractivity contribution in [1.82, 2.24) is 5.32 Å². The number of nitrogens with one attached hydrogen (secondary N) is 1. The monoisotopic (exact) mass is 1140 g/mol. The maximum Gasteiger partial charge on any atom is 0.306 e. The van der Waals surface area contributed by atoms with Crippen molar-refractivity contribution in [3.63, 3.8) is 0 Å². The van der Waals surface area contributed by atoms with Crippen LogP contribution in [0.3, 0.4) is 0 Å². The van der Waals surface area contributed by atoms with Crippen molar-refractivity contribution in [2.45, 2.75) is 359 Å².